The lowest BCUT2D eigenvalue weighted by molar-refractivity contribution is -0.138. The average molecular weight is 506 g/mol. The van der Waals surface area contributed by atoms with Gasteiger partial charge in [-0.3, -0.25) is 4.79 Å². The Morgan fingerprint density at radius 3 is 2.60 bits per heavy atom. The van der Waals surface area contributed by atoms with Gasteiger partial charge in [-0.05, 0) is 61.6 Å². The number of halogens is 4. The maximum Gasteiger partial charge on any atom is 1.00 e. The summed E-state index contributed by atoms with van der Waals surface area (Å²) in [5.41, 5.74) is 2.59. The van der Waals surface area contributed by atoms with Gasteiger partial charge < -0.3 is 22.6 Å². The smallest absolute Gasteiger partial charge is 1.00 e. The van der Waals surface area contributed by atoms with E-state index in [2.05, 4.69) is 20.3 Å². The van der Waals surface area contributed by atoms with Gasteiger partial charge in [-0.1, -0.05) is 18.2 Å². The Morgan fingerprint density at radius 1 is 1.23 bits per heavy atom. The summed E-state index contributed by atoms with van der Waals surface area (Å²) in [5, 5.41) is 3.97. The first kappa shape index (κ1) is 26.4. The van der Waals surface area contributed by atoms with Crippen molar-refractivity contribution in [2.45, 2.75) is 46.3 Å². The second-order valence-corrected chi connectivity index (χ2v) is 8.54. The number of nitrogens with one attached hydrogen (secondary N) is 1. The number of hydrogen-bond donors (Lipinski definition) is 1. The fourth-order valence-electron chi connectivity index (χ4n) is 4.34. The molecule has 1 N–H and O–H groups in total. The molecule has 0 fully saturated rings. The molecule has 3 aromatic rings. The first-order valence-electron chi connectivity index (χ1n) is 11.1. The molecule has 2 aromatic heterocycles. The number of amides is 1. The molecule has 1 amide bonds. The number of carbonyl (C=O) groups is 1. The first-order valence-corrected chi connectivity index (χ1v) is 11.1. The van der Waals surface area contributed by atoms with E-state index in [1.165, 1.54) is 13.0 Å². The monoisotopic (exact) mass is 505 g/mol. The number of aromatic nitrogens is 3. The van der Waals surface area contributed by atoms with Crippen LogP contribution in [0.2, 0.25) is 0 Å². The number of anilines is 1. The predicted octanol–water partition coefficient (Wildman–Crippen LogP) is 2.59. The second kappa shape index (κ2) is 10.2. The van der Waals surface area contributed by atoms with Crippen LogP contribution in [0, 0.1) is 13.8 Å². The van der Waals surface area contributed by atoms with E-state index >= 15 is 0 Å². The molecule has 186 valence electrons. The van der Waals surface area contributed by atoms with Crippen LogP contribution in [-0.2, 0) is 11.0 Å². The van der Waals surface area contributed by atoms with Gasteiger partial charge in [-0.15, -0.1) is 0 Å². The number of benzene rings is 1. The standard InChI is InChI=1S/C25H26F3N5O.ClH/c1-14-20(6-5-7-22(14)25(26,27)28)15(2)30-24-21-12-19(13-29-23(21)31-16(3)32-24)18-8-10-33(11-9-18)17(4)34;/h5-8,12-13,15H,9-11H2,1-4H3,(H,29,30,31,32);1H/t15-;/m1./s1. The topological polar surface area (TPSA) is 71.0 Å². The second-order valence-electron chi connectivity index (χ2n) is 8.54. The van der Waals surface area contributed by atoms with E-state index in [1.54, 1.807) is 31.0 Å². The zero-order chi connectivity index (χ0) is 24.6. The molecule has 1 aliphatic rings. The third-order valence-electron chi connectivity index (χ3n) is 6.19. The van der Waals surface area contributed by atoms with Crippen LogP contribution in [0.1, 0.15) is 55.8 Å². The Kier molecular flexibility index (Phi) is 7.69. The number of hydrogen-bond acceptors (Lipinski definition) is 5. The molecule has 3 heterocycles. The quantitative estimate of drug-likeness (QED) is 0.590. The summed E-state index contributed by atoms with van der Waals surface area (Å²) in [6, 6.07) is 5.73. The Balaban J connectivity index is 0.00000228. The molecule has 0 saturated carbocycles. The molecule has 0 saturated heterocycles. The summed E-state index contributed by atoms with van der Waals surface area (Å²) in [5.74, 6) is 1.07. The van der Waals surface area contributed by atoms with Gasteiger partial charge in [-0.2, -0.15) is 13.2 Å². The number of fused-ring (bicyclic) bond motifs is 1. The third-order valence-corrected chi connectivity index (χ3v) is 6.19. The average Bonchev–Trinajstić information content (AvgIpc) is 2.78. The fourth-order valence-corrected chi connectivity index (χ4v) is 4.34. The molecule has 4 rings (SSSR count). The lowest BCUT2D eigenvalue weighted by atomic mass is 9.97. The highest BCUT2D eigenvalue weighted by molar-refractivity contribution is 5.89. The zero-order valence-electron chi connectivity index (χ0n) is 20.9. The number of pyridine rings is 1. The van der Waals surface area contributed by atoms with Gasteiger partial charge in [0.25, 0.3) is 0 Å². The Bertz CT molecular complexity index is 1300. The predicted molar refractivity (Wildman–Crippen MR) is 126 cm³/mol. The van der Waals surface area contributed by atoms with Crippen LogP contribution >= 0.6 is 0 Å². The SMILES string of the molecule is CC(=O)N1CC=C(c2cnc3nc(C)nc(N[C@H](C)c4cccc(C(F)(F)F)c4C)c3c2)CC1.[Cl-].[H+]. The van der Waals surface area contributed by atoms with E-state index in [-0.39, 0.29) is 25.3 Å². The molecule has 1 aliphatic heterocycles. The molecular formula is C25H27ClF3N5O. The van der Waals surface area contributed by atoms with Crippen molar-refractivity contribution in [1.29, 1.82) is 0 Å². The number of rotatable bonds is 4. The molecule has 0 radical (unpaired) electrons. The van der Waals surface area contributed by atoms with Gasteiger partial charge >= 0.3 is 7.60 Å². The van der Waals surface area contributed by atoms with Crippen LogP contribution in [0.15, 0.2) is 36.5 Å². The highest BCUT2D eigenvalue weighted by atomic mass is 35.5. The van der Waals surface area contributed by atoms with E-state index < -0.39 is 17.8 Å². The minimum atomic E-state index is -4.41. The summed E-state index contributed by atoms with van der Waals surface area (Å²) >= 11 is 0. The number of alkyl halides is 3. The molecule has 35 heavy (non-hydrogen) atoms. The maximum absolute atomic E-state index is 13.4. The minimum absolute atomic E-state index is 0. The van der Waals surface area contributed by atoms with Crippen LogP contribution in [0.5, 0.6) is 0 Å². The lowest BCUT2D eigenvalue weighted by Crippen LogP contribution is -3.00. The Morgan fingerprint density at radius 2 is 1.97 bits per heavy atom. The van der Waals surface area contributed by atoms with Crippen LogP contribution in [0.25, 0.3) is 16.6 Å². The van der Waals surface area contributed by atoms with Crippen molar-refractivity contribution in [1.82, 2.24) is 19.9 Å². The highest BCUT2D eigenvalue weighted by Crippen LogP contribution is 2.35. The molecule has 6 nitrogen and oxygen atoms in total. The van der Waals surface area contributed by atoms with E-state index in [9.17, 15) is 18.0 Å². The van der Waals surface area contributed by atoms with Crippen molar-refractivity contribution < 1.29 is 31.8 Å². The van der Waals surface area contributed by atoms with Crippen LogP contribution in [0.4, 0.5) is 19.0 Å². The van der Waals surface area contributed by atoms with Crippen molar-refractivity contribution >= 4 is 28.3 Å². The Labute approximate surface area is 209 Å². The molecule has 0 aliphatic carbocycles. The van der Waals surface area contributed by atoms with Crippen molar-refractivity contribution in [3.63, 3.8) is 0 Å². The summed E-state index contributed by atoms with van der Waals surface area (Å²) in [7, 11) is 0. The molecule has 10 heteroatoms. The summed E-state index contributed by atoms with van der Waals surface area (Å²) < 4.78 is 40.2. The molecular weight excluding hydrogens is 479 g/mol. The van der Waals surface area contributed by atoms with E-state index in [1.807, 2.05) is 19.1 Å². The van der Waals surface area contributed by atoms with Gasteiger partial charge in [0.15, 0.2) is 5.65 Å². The van der Waals surface area contributed by atoms with Crippen LogP contribution in [-0.4, -0.2) is 38.8 Å². The van der Waals surface area contributed by atoms with Gasteiger partial charge in [0.2, 0.25) is 5.91 Å². The summed E-state index contributed by atoms with van der Waals surface area (Å²) in [6.07, 6.45) is 0.0727. The maximum atomic E-state index is 13.4. The van der Waals surface area contributed by atoms with Crippen molar-refractivity contribution in [3.05, 3.63) is 64.6 Å². The van der Waals surface area contributed by atoms with E-state index in [4.69, 9.17) is 0 Å². The summed E-state index contributed by atoms with van der Waals surface area (Å²) in [4.78, 5) is 26.8. The third kappa shape index (κ3) is 5.56. The highest BCUT2D eigenvalue weighted by Gasteiger charge is 2.33. The minimum Gasteiger partial charge on any atom is -1.00 e. The van der Waals surface area contributed by atoms with E-state index in [0.29, 0.717) is 47.7 Å². The van der Waals surface area contributed by atoms with E-state index in [0.717, 1.165) is 17.2 Å². The molecule has 0 bridgehead atoms. The van der Waals surface area contributed by atoms with Gasteiger partial charge in [0, 0.05) is 26.2 Å². The largest absolute Gasteiger partial charge is 1.00 e. The lowest BCUT2D eigenvalue weighted by Gasteiger charge is -2.25. The number of nitrogens with zero attached hydrogens (tertiary/aromatic N) is 4. The number of aryl methyl sites for hydroxylation is 1. The Hall–Kier alpha value is -3.20. The number of carbonyl (C=O) groups excluding carboxylic acids is 1. The molecule has 1 aromatic carbocycles. The fraction of sp³-hybridized carbons (Fsp3) is 0.360. The normalized spacial score (nSPS) is 14.8. The molecule has 0 spiro atoms. The molecule has 1 atom stereocenters. The van der Waals surface area contributed by atoms with Gasteiger partial charge in [-0.25, -0.2) is 15.0 Å². The molecule has 0 unspecified atom stereocenters. The van der Waals surface area contributed by atoms with Gasteiger partial charge in [0.05, 0.1) is 17.0 Å². The van der Waals surface area contributed by atoms with Crippen LogP contribution in [0.3, 0.4) is 0 Å². The van der Waals surface area contributed by atoms with Crippen molar-refractivity contribution in [2.75, 3.05) is 18.4 Å². The zero-order valence-corrected chi connectivity index (χ0v) is 20.6. The first-order chi connectivity index (χ1) is 16.0. The van der Waals surface area contributed by atoms with Crippen molar-refractivity contribution in [3.8, 4) is 0 Å². The van der Waals surface area contributed by atoms with Crippen molar-refractivity contribution in [2.24, 2.45) is 0 Å². The summed E-state index contributed by atoms with van der Waals surface area (Å²) in [6.45, 7) is 7.79. The van der Waals surface area contributed by atoms with Crippen LogP contribution < -0.4 is 17.7 Å². The van der Waals surface area contributed by atoms with Gasteiger partial charge in [0.1, 0.15) is 11.6 Å².